The number of phenolic OH excluding ortho intramolecular Hbond substituents is 1. The predicted molar refractivity (Wildman–Crippen MR) is 62.5 cm³/mol. The molecule has 1 heterocycles. The van der Waals surface area contributed by atoms with E-state index in [0.29, 0.717) is 12.2 Å². The number of nitrogens with one attached hydrogen (secondary N) is 1. The van der Waals surface area contributed by atoms with Crippen LogP contribution in [0.15, 0.2) is 18.2 Å². The van der Waals surface area contributed by atoms with Gasteiger partial charge in [-0.1, -0.05) is 11.9 Å². The fraction of sp³-hybridized carbons (Fsp3) is 0.333. The lowest BCUT2D eigenvalue weighted by atomic mass is 10.2. The van der Waals surface area contributed by atoms with E-state index in [-0.39, 0.29) is 11.5 Å². The average Bonchev–Trinajstić information content (AvgIpc) is 2.68. The number of hydrogen-bond donors (Lipinski definition) is 2. The van der Waals surface area contributed by atoms with Crippen molar-refractivity contribution in [1.82, 2.24) is 4.83 Å². The van der Waals surface area contributed by atoms with Crippen LogP contribution in [0.2, 0.25) is 0 Å². The number of rotatable bonds is 3. The van der Waals surface area contributed by atoms with Crippen molar-refractivity contribution in [3.05, 3.63) is 18.2 Å². The molecule has 1 aliphatic rings. The quantitative estimate of drug-likeness (QED) is 0.659. The molecule has 0 aliphatic carbocycles. The fourth-order valence-electron chi connectivity index (χ4n) is 1.40. The highest BCUT2D eigenvalue weighted by molar-refractivity contribution is 7.97. The van der Waals surface area contributed by atoms with Gasteiger partial charge >= 0.3 is 5.57 Å². The van der Waals surface area contributed by atoms with Crippen LogP contribution in [0.3, 0.4) is 0 Å². The molecule has 0 atom stereocenters. The van der Waals surface area contributed by atoms with E-state index in [1.807, 2.05) is 0 Å². The van der Waals surface area contributed by atoms with Gasteiger partial charge in [0.05, 0.1) is 5.69 Å². The highest BCUT2D eigenvalue weighted by atomic mass is 35.5. The second kappa shape index (κ2) is 4.75. The molecule has 1 aromatic rings. The van der Waals surface area contributed by atoms with Crippen molar-refractivity contribution in [2.24, 2.45) is 0 Å². The SMILES string of the molecule is Oc1cc(OC(F)(F)Cl)ccc1N1CCSN1. The van der Waals surface area contributed by atoms with Crippen LogP contribution in [0.5, 0.6) is 11.5 Å². The minimum absolute atomic E-state index is 0.154. The van der Waals surface area contributed by atoms with E-state index in [2.05, 4.69) is 21.2 Å². The molecule has 2 rings (SSSR count). The molecule has 1 aromatic carbocycles. The van der Waals surface area contributed by atoms with Crippen LogP contribution >= 0.6 is 23.5 Å². The Balaban J connectivity index is 2.16. The third-order valence-electron chi connectivity index (χ3n) is 2.06. The molecule has 8 heteroatoms. The standard InChI is InChI=1S/C9H9ClF2N2O2S/c10-9(11,12)16-6-1-2-7(8(15)5-6)14-3-4-17-13-14/h1-2,5,13,15H,3-4H2. The summed E-state index contributed by atoms with van der Waals surface area (Å²) in [7, 11) is 0. The Hall–Kier alpha value is -0.920. The van der Waals surface area contributed by atoms with E-state index < -0.39 is 5.57 Å². The number of aromatic hydroxyl groups is 1. The normalized spacial score (nSPS) is 16.3. The molecule has 0 aromatic heterocycles. The third-order valence-corrected chi connectivity index (χ3v) is 2.88. The molecule has 4 nitrogen and oxygen atoms in total. The Labute approximate surface area is 106 Å². The fourth-order valence-corrected chi connectivity index (χ4v) is 2.20. The van der Waals surface area contributed by atoms with Gasteiger partial charge in [0.25, 0.3) is 0 Å². The van der Waals surface area contributed by atoms with Gasteiger partial charge in [0.1, 0.15) is 11.5 Å². The number of ether oxygens (including phenoxy) is 1. The second-order valence-electron chi connectivity index (χ2n) is 3.29. The van der Waals surface area contributed by atoms with Gasteiger partial charge in [-0.3, -0.25) is 5.01 Å². The molecule has 0 bridgehead atoms. The molecule has 1 saturated heterocycles. The van der Waals surface area contributed by atoms with Gasteiger partial charge < -0.3 is 9.84 Å². The lowest BCUT2D eigenvalue weighted by Crippen LogP contribution is -2.27. The van der Waals surface area contributed by atoms with E-state index in [9.17, 15) is 13.9 Å². The zero-order chi connectivity index (χ0) is 12.5. The number of halogens is 3. The average molecular weight is 283 g/mol. The molecule has 0 spiro atoms. The first-order chi connectivity index (χ1) is 7.96. The first kappa shape index (κ1) is 12.5. The maximum absolute atomic E-state index is 12.4. The number of hydrazine groups is 1. The zero-order valence-electron chi connectivity index (χ0n) is 8.49. The number of hydrogen-bond acceptors (Lipinski definition) is 5. The topological polar surface area (TPSA) is 44.7 Å². The van der Waals surface area contributed by atoms with Crippen molar-refractivity contribution in [2.75, 3.05) is 17.3 Å². The van der Waals surface area contributed by atoms with E-state index in [4.69, 9.17) is 0 Å². The largest absolute Gasteiger partial charge is 0.506 e. The highest BCUT2D eigenvalue weighted by Gasteiger charge is 2.28. The first-order valence-electron chi connectivity index (χ1n) is 4.69. The van der Waals surface area contributed by atoms with E-state index >= 15 is 0 Å². The van der Waals surface area contributed by atoms with Gasteiger partial charge in [-0.2, -0.15) is 4.83 Å². The van der Waals surface area contributed by atoms with Crippen LogP contribution in [0.4, 0.5) is 14.5 Å². The lowest BCUT2D eigenvalue weighted by Gasteiger charge is -2.19. The molecule has 2 N–H and O–H groups in total. The number of nitrogens with zero attached hydrogens (tertiary/aromatic N) is 1. The molecule has 1 aliphatic heterocycles. The van der Waals surface area contributed by atoms with Gasteiger partial charge in [-0.15, -0.1) is 8.78 Å². The summed E-state index contributed by atoms with van der Waals surface area (Å²) >= 11 is 6.12. The minimum Gasteiger partial charge on any atom is -0.506 e. The number of anilines is 1. The van der Waals surface area contributed by atoms with E-state index in [0.717, 1.165) is 11.8 Å². The highest BCUT2D eigenvalue weighted by Crippen LogP contribution is 2.34. The smallest absolute Gasteiger partial charge is 0.487 e. The summed E-state index contributed by atoms with van der Waals surface area (Å²) in [6.45, 7) is 0.712. The van der Waals surface area contributed by atoms with Crippen LogP contribution in [-0.2, 0) is 0 Å². The van der Waals surface area contributed by atoms with Crippen molar-refractivity contribution in [3.63, 3.8) is 0 Å². The van der Waals surface area contributed by atoms with Crippen LogP contribution in [-0.4, -0.2) is 23.0 Å². The molecular formula is C9H9ClF2N2O2S. The molecule has 0 radical (unpaired) electrons. The Morgan fingerprint density at radius 1 is 1.53 bits per heavy atom. The molecule has 0 saturated carbocycles. The van der Waals surface area contributed by atoms with Crippen molar-refractivity contribution in [3.8, 4) is 11.5 Å². The van der Waals surface area contributed by atoms with Crippen molar-refractivity contribution in [1.29, 1.82) is 0 Å². The maximum Gasteiger partial charge on any atom is 0.487 e. The van der Waals surface area contributed by atoms with Gasteiger partial charge in [0.2, 0.25) is 0 Å². The van der Waals surface area contributed by atoms with Crippen LogP contribution in [0.1, 0.15) is 0 Å². The summed E-state index contributed by atoms with van der Waals surface area (Å²) in [5, 5.41) is 11.4. The van der Waals surface area contributed by atoms with Crippen LogP contribution < -0.4 is 14.6 Å². The van der Waals surface area contributed by atoms with Crippen LogP contribution in [0, 0.1) is 0 Å². The Morgan fingerprint density at radius 3 is 2.82 bits per heavy atom. The number of benzene rings is 1. The predicted octanol–water partition coefficient (Wildman–Crippen LogP) is 2.53. The summed E-state index contributed by atoms with van der Waals surface area (Å²) in [6, 6.07) is 3.89. The minimum atomic E-state index is -3.78. The molecule has 94 valence electrons. The monoisotopic (exact) mass is 282 g/mol. The Morgan fingerprint density at radius 2 is 2.29 bits per heavy atom. The summed E-state index contributed by atoms with van der Waals surface area (Å²) in [4.78, 5) is 2.96. The summed E-state index contributed by atoms with van der Waals surface area (Å²) in [6.07, 6.45) is 0. The molecule has 0 amide bonds. The third kappa shape index (κ3) is 3.27. The van der Waals surface area contributed by atoms with Crippen molar-refractivity contribution < 1.29 is 18.6 Å². The molecule has 17 heavy (non-hydrogen) atoms. The Kier molecular flexibility index (Phi) is 3.50. The zero-order valence-corrected chi connectivity index (χ0v) is 10.1. The molecular weight excluding hydrogens is 274 g/mol. The van der Waals surface area contributed by atoms with Gasteiger partial charge in [-0.25, -0.2) is 0 Å². The van der Waals surface area contributed by atoms with Gasteiger partial charge in [0.15, 0.2) is 0 Å². The number of phenols is 1. The van der Waals surface area contributed by atoms with E-state index in [1.165, 1.54) is 24.1 Å². The van der Waals surface area contributed by atoms with Gasteiger partial charge in [-0.05, 0) is 12.1 Å². The van der Waals surface area contributed by atoms with Crippen LogP contribution in [0.25, 0.3) is 0 Å². The maximum atomic E-state index is 12.4. The summed E-state index contributed by atoms with van der Waals surface area (Å²) < 4.78 is 28.9. The number of alkyl halides is 3. The first-order valence-corrected chi connectivity index (χ1v) is 6.06. The van der Waals surface area contributed by atoms with Gasteiger partial charge in [0, 0.05) is 30.0 Å². The van der Waals surface area contributed by atoms with Crippen molar-refractivity contribution >= 4 is 29.2 Å². The molecule has 1 fully saturated rings. The van der Waals surface area contributed by atoms with E-state index in [1.54, 1.807) is 5.01 Å². The second-order valence-corrected chi connectivity index (χ2v) is 4.61. The lowest BCUT2D eigenvalue weighted by molar-refractivity contribution is -0.0965. The summed E-state index contributed by atoms with van der Waals surface area (Å²) in [5.41, 5.74) is -3.28. The summed E-state index contributed by atoms with van der Waals surface area (Å²) in [5.74, 6) is 0.522. The van der Waals surface area contributed by atoms with Crippen molar-refractivity contribution in [2.45, 2.75) is 5.57 Å². The molecule has 0 unspecified atom stereocenters. The Bertz CT molecular complexity index is 410.